The number of carbonyl (C=O) groups excluding carboxylic acids is 2. The Morgan fingerprint density at radius 1 is 1.44 bits per heavy atom. The van der Waals surface area contributed by atoms with Crippen LogP contribution in [0, 0.1) is 11.3 Å². The predicted octanol–water partition coefficient (Wildman–Crippen LogP) is 1.34. The number of ether oxygens (including phenoxy) is 2. The van der Waals surface area contributed by atoms with Gasteiger partial charge in [-0.3, -0.25) is 4.79 Å². The van der Waals surface area contributed by atoms with Crippen LogP contribution in [-0.4, -0.2) is 24.6 Å². The quantitative estimate of drug-likeness (QED) is 0.387. The minimum absolute atomic E-state index is 0.0296. The first-order valence-electron chi connectivity index (χ1n) is 4.88. The van der Waals surface area contributed by atoms with Gasteiger partial charge in [-0.05, 0) is 13.8 Å². The fourth-order valence-corrected chi connectivity index (χ4v) is 0.805. The molecule has 0 atom stereocenters. The number of nitrogens with zero attached hydrogens (tertiary/aromatic N) is 1. The van der Waals surface area contributed by atoms with Crippen molar-refractivity contribution in [3.05, 3.63) is 12.2 Å². The van der Waals surface area contributed by atoms with E-state index >= 15 is 0 Å². The molecule has 16 heavy (non-hydrogen) atoms. The normalized spacial score (nSPS) is 9.38. The Hall–Kier alpha value is -1.83. The van der Waals surface area contributed by atoms with Gasteiger partial charge in [0.15, 0.2) is 0 Å². The van der Waals surface area contributed by atoms with Crippen molar-refractivity contribution in [2.75, 3.05) is 6.61 Å². The summed E-state index contributed by atoms with van der Waals surface area (Å²) in [5, 5.41) is 8.22. The van der Waals surface area contributed by atoms with Gasteiger partial charge in [0, 0.05) is 5.57 Å². The number of hydrogen-bond donors (Lipinski definition) is 0. The average molecular weight is 225 g/mol. The molecule has 0 aliphatic rings. The van der Waals surface area contributed by atoms with Crippen molar-refractivity contribution in [2.24, 2.45) is 0 Å². The summed E-state index contributed by atoms with van der Waals surface area (Å²) in [7, 11) is 0. The highest BCUT2D eigenvalue weighted by molar-refractivity contribution is 5.93. The molecule has 0 bridgehead atoms. The maximum atomic E-state index is 11.2. The van der Waals surface area contributed by atoms with Gasteiger partial charge in [-0.2, -0.15) is 5.26 Å². The zero-order valence-corrected chi connectivity index (χ0v) is 9.49. The second-order valence-electron chi connectivity index (χ2n) is 3.36. The lowest BCUT2D eigenvalue weighted by molar-refractivity contribution is -0.147. The van der Waals surface area contributed by atoms with Gasteiger partial charge in [0.2, 0.25) is 0 Å². The fourth-order valence-electron chi connectivity index (χ4n) is 0.805. The van der Waals surface area contributed by atoms with E-state index in [1.807, 2.05) is 6.07 Å². The van der Waals surface area contributed by atoms with Gasteiger partial charge in [0.1, 0.15) is 6.61 Å². The first-order chi connectivity index (χ1) is 7.47. The third kappa shape index (κ3) is 6.60. The van der Waals surface area contributed by atoms with E-state index < -0.39 is 11.9 Å². The SMILES string of the molecule is C=C(CC(=O)OCCC#N)C(=O)OC(C)C. The second-order valence-corrected chi connectivity index (χ2v) is 3.36. The molecule has 0 rings (SSSR count). The molecule has 0 aromatic carbocycles. The molecule has 0 aliphatic heterocycles. The standard InChI is InChI=1S/C11H15NO4/c1-8(2)16-11(14)9(3)7-10(13)15-6-4-5-12/h8H,3-4,6-7H2,1-2H3. The van der Waals surface area contributed by atoms with Crippen molar-refractivity contribution < 1.29 is 19.1 Å². The van der Waals surface area contributed by atoms with Crippen molar-refractivity contribution in [2.45, 2.75) is 32.8 Å². The Kier molecular flexibility index (Phi) is 6.61. The largest absolute Gasteiger partial charge is 0.464 e. The average Bonchev–Trinajstić information content (AvgIpc) is 2.16. The highest BCUT2D eigenvalue weighted by Crippen LogP contribution is 2.05. The van der Waals surface area contributed by atoms with Gasteiger partial charge >= 0.3 is 11.9 Å². The summed E-state index contributed by atoms with van der Waals surface area (Å²) < 4.78 is 9.52. The molecular formula is C11H15NO4. The van der Waals surface area contributed by atoms with Crippen LogP contribution in [0.15, 0.2) is 12.2 Å². The van der Waals surface area contributed by atoms with Crippen molar-refractivity contribution in [3.8, 4) is 6.07 Å². The molecule has 0 unspecified atom stereocenters. The van der Waals surface area contributed by atoms with Crippen molar-refractivity contribution >= 4 is 11.9 Å². The molecule has 88 valence electrons. The summed E-state index contributed by atoms with van der Waals surface area (Å²) in [6, 6.07) is 1.83. The molecule has 0 heterocycles. The van der Waals surface area contributed by atoms with Gasteiger partial charge in [-0.1, -0.05) is 6.58 Å². The zero-order valence-electron chi connectivity index (χ0n) is 9.49. The predicted molar refractivity (Wildman–Crippen MR) is 56.2 cm³/mol. The molecule has 0 aromatic heterocycles. The zero-order chi connectivity index (χ0) is 12.6. The van der Waals surface area contributed by atoms with Crippen LogP contribution in [0.3, 0.4) is 0 Å². The molecule has 5 heteroatoms. The smallest absolute Gasteiger partial charge is 0.334 e. The van der Waals surface area contributed by atoms with Crippen LogP contribution in [0.2, 0.25) is 0 Å². The Balaban J connectivity index is 3.91. The van der Waals surface area contributed by atoms with Gasteiger partial charge in [-0.25, -0.2) is 4.79 Å². The van der Waals surface area contributed by atoms with E-state index in [0.29, 0.717) is 0 Å². The Bertz CT molecular complexity index is 314. The third-order valence-electron chi connectivity index (χ3n) is 1.47. The number of hydrogen-bond acceptors (Lipinski definition) is 5. The topological polar surface area (TPSA) is 76.4 Å². The molecular weight excluding hydrogens is 210 g/mol. The highest BCUT2D eigenvalue weighted by Gasteiger charge is 2.15. The summed E-state index contributed by atoms with van der Waals surface area (Å²) in [6.45, 7) is 6.87. The second kappa shape index (κ2) is 7.46. The summed E-state index contributed by atoms with van der Waals surface area (Å²) in [4.78, 5) is 22.4. The van der Waals surface area contributed by atoms with Gasteiger partial charge in [-0.15, -0.1) is 0 Å². The molecule has 0 aromatic rings. The summed E-state index contributed by atoms with van der Waals surface area (Å²) >= 11 is 0. The summed E-state index contributed by atoms with van der Waals surface area (Å²) in [5.41, 5.74) is 0.0515. The Morgan fingerprint density at radius 2 is 2.06 bits per heavy atom. The molecule has 0 saturated carbocycles. The summed E-state index contributed by atoms with van der Waals surface area (Å²) in [5.74, 6) is -1.19. The first kappa shape index (κ1) is 14.2. The maximum Gasteiger partial charge on any atom is 0.334 e. The van der Waals surface area contributed by atoms with Gasteiger partial charge in [0.25, 0.3) is 0 Å². The van der Waals surface area contributed by atoms with Gasteiger partial charge < -0.3 is 9.47 Å². The lowest BCUT2D eigenvalue weighted by Crippen LogP contribution is -2.16. The molecule has 0 amide bonds. The van der Waals surface area contributed by atoms with Crippen molar-refractivity contribution in [3.63, 3.8) is 0 Å². The molecule has 0 aliphatic carbocycles. The lowest BCUT2D eigenvalue weighted by Gasteiger charge is -2.09. The number of nitriles is 1. The maximum absolute atomic E-state index is 11.2. The van der Waals surface area contributed by atoms with E-state index in [9.17, 15) is 9.59 Å². The van der Waals surface area contributed by atoms with Gasteiger partial charge in [0.05, 0.1) is 25.0 Å². The van der Waals surface area contributed by atoms with Crippen LogP contribution < -0.4 is 0 Å². The molecule has 0 radical (unpaired) electrons. The molecule has 0 saturated heterocycles. The lowest BCUT2D eigenvalue weighted by atomic mass is 10.2. The van der Waals surface area contributed by atoms with E-state index in [4.69, 9.17) is 10.00 Å². The van der Waals surface area contributed by atoms with E-state index in [1.165, 1.54) is 0 Å². The summed E-state index contributed by atoms with van der Waals surface area (Å²) in [6.07, 6.45) is -0.329. The van der Waals surface area contributed by atoms with E-state index in [1.54, 1.807) is 13.8 Å². The van der Waals surface area contributed by atoms with Crippen LogP contribution in [0.5, 0.6) is 0 Å². The monoisotopic (exact) mass is 225 g/mol. The molecule has 0 N–H and O–H groups in total. The van der Waals surface area contributed by atoms with Crippen LogP contribution in [-0.2, 0) is 19.1 Å². The third-order valence-corrected chi connectivity index (χ3v) is 1.47. The minimum Gasteiger partial charge on any atom is -0.464 e. The van der Waals surface area contributed by atoms with E-state index in [2.05, 4.69) is 11.3 Å². The van der Waals surface area contributed by atoms with E-state index in [0.717, 1.165) is 0 Å². The molecule has 5 nitrogen and oxygen atoms in total. The number of carbonyl (C=O) groups is 2. The molecule has 0 fully saturated rings. The van der Waals surface area contributed by atoms with Crippen LogP contribution in [0.25, 0.3) is 0 Å². The number of esters is 2. The van der Waals surface area contributed by atoms with Crippen LogP contribution in [0.1, 0.15) is 26.7 Å². The highest BCUT2D eigenvalue weighted by atomic mass is 16.5. The fraction of sp³-hybridized carbons (Fsp3) is 0.545. The van der Waals surface area contributed by atoms with Crippen LogP contribution in [0.4, 0.5) is 0 Å². The van der Waals surface area contributed by atoms with Crippen LogP contribution >= 0.6 is 0 Å². The minimum atomic E-state index is -0.604. The van der Waals surface area contributed by atoms with E-state index in [-0.39, 0.29) is 31.1 Å². The van der Waals surface area contributed by atoms with Crippen molar-refractivity contribution in [1.82, 2.24) is 0 Å². The first-order valence-corrected chi connectivity index (χ1v) is 4.88. The van der Waals surface area contributed by atoms with Crippen molar-refractivity contribution in [1.29, 1.82) is 5.26 Å². The Morgan fingerprint density at radius 3 is 2.56 bits per heavy atom. The Labute approximate surface area is 94.6 Å². The number of rotatable bonds is 6. The molecule has 0 spiro atoms.